The topological polar surface area (TPSA) is 86.1 Å². The zero-order valence-electron chi connectivity index (χ0n) is 12.5. The second-order valence-corrected chi connectivity index (χ2v) is 7.32. The fourth-order valence-corrected chi connectivity index (χ4v) is 3.94. The van der Waals surface area contributed by atoms with Gasteiger partial charge in [0.05, 0.1) is 18.5 Å². The summed E-state index contributed by atoms with van der Waals surface area (Å²) in [6, 6.07) is 11.7. The highest BCUT2D eigenvalue weighted by atomic mass is 79.9. The molecule has 1 N–H and O–H groups in total. The summed E-state index contributed by atoms with van der Waals surface area (Å²) >= 11 is 3.28. The highest BCUT2D eigenvalue weighted by Gasteiger charge is 2.21. The van der Waals surface area contributed by atoms with Crippen molar-refractivity contribution in [3.8, 4) is 11.4 Å². The number of rotatable bonds is 5. The number of nitrogens with one attached hydrogen (secondary N) is 1. The first-order chi connectivity index (χ1) is 11.5. The molecule has 0 saturated heterocycles. The predicted molar refractivity (Wildman–Crippen MR) is 92.9 cm³/mol. The number of ether oxygens (including phenoxy) is 1. The van der Waals surface area contributed by atoms with E-state index in [1.807, 2.05) is 0 Å². The van der Waals surface area contributed by atoms with Gasteiger partial charge in [-0.15, -0.1) is 0 Å². The fourth-order valence-electron chi connectivity index (χ4n) is 2.15. The normalized spacial score (nSPS) is 11.2. The molecule has 0 fully saturated rings. The summed E-state index contributed by atoms with van der Waals surface area (Å²) in [5.74, 6) is 0.254. The number of methoxy groups -OCH3 is 1. The number of nitrogens with zero attached hydrogens (tertiary/aromatic N) is 3. The lowest BCUT2D eigenvalue weighted by Gasteiger charge is -2.14. The maximum absolute atomic E-state index is 12.8. The van der Waals surface area contributed by atoms with Gasteiger partial charge in [0.2, 0.25) is 0 Å². The van der Waals surface area contributed by atoms with Crippen molar-refractivity contribution in [2.24, 2.45) is 0 Å². The second-order valence-electron chi connectivity index (χ2n) is 4.76. The smallest absolute Gasteiger partial charge is 0.265 e. The molecular formula is C15H13BrN4O3S. The maximum Gasteiger partial charge on any atom is 0.265 e. The van der Waals surface area contributed by atoms with Crippen molar-refractivity contribution in [3.63, 3.8) is 0 Å². The third-order valence-electron chi connectivity index (χ3n) is 3.23. The van der Waals surface area contributed by atoms with E-state index in [9.17, 15) is 8.42 Å². The molecule has 0 bridgehead atoms. The van der Waals surface area contributed by atoms with Gasteiger partial charge in [-0.2, -0.15) is 5.10 Å². The Balaban J connectivity index is 2.04. The molecule has 7 nitrogen and oxygen atoms in total. The van der Waals surface area contributed by atoms with Crippen LogP contribution in [0.25, 0.3) is 5.69 Å². The zero-order valence-corrected chi connectivity index (χ0v) is 15.0. The van der Waals surface area contributed by atoms with Crippen LogP contribution in [0.15, 0.2) is 64.5 Å². The van der Waals surface area contributed by atoms with Crippen LogP contribution in [0.4, 0.5) is 5.69 Å². The van der Waals surface area contributed by atoms with Gasteiger partial charge in [-0.3, -0.25) is 4.72 Å². The van der Waals surface area contributed by atoms with Crippen molar-refractivity contribution in [2.75, 3.05) is 11.8 Å². The van der Waals surface area contributed by atoms with E-state index in [1.54, 1.807) is 36.4 Å². The third kappa shape index (κ3) is 3.26. The molecule has 1 heterocycles. The van der Waals surface area contributed by atoms with Gasteiger partial charge in [-0.05, 0) is 30.3 Å². The van der Waals surface area contributed by atoms with Crippen molar-refractivity contribution < 1.29 is 13.2 Å². The van der Waals surface area contributed by atoms with E-state index in [1.165, 1.54) is 30.5 Å². The molecule has 3 rings (SSSR count). The van der Waals surface area contributed by atoms with Crippen LogP contribution in [0.2, 0.25) is 0 Å². The number of benzene rings is 2. The Morgan fingerprint density at radius 1 is 1.21 bits per heavy atom. The zero-order chi connectivity index (χ0) is 17.2. The molecule has 0 radical (unpaired) electrons. The molecule has 3 aromatic rings. The van der Waals surface area contributed by atoms with Crippen LogP contribution in [0.3, 0.4) is 0 Å². The minimum Gasteiger partial charge on any atom is -0.495 e. The van der Waals surface area contributed by atoms with E-state index in [4.69, 9.17) is 4.74 Å². The van der Waals surface area contributed by atoms with Crippen LogP contribution in [0.5, 0.6) is 5.75 Å². The minimum atomic E-state index is -3.86. The molecule has 0 atom stereocenters. The van der Waals surface area contributed by atoms with E-state index in [2.05, 4.69) is 30.7 Å². The first-order valence-electron chi connectivity index (χ1n) is 6.81. The second kappa shape index (κ2) is 6.62. The Kier molecular flexibility index (Phi) is 4.54. The summed E-state index contributed by atoms with van der Waals surface area (Å²) in [6.07, 6.45) is 2.87. The molecule has 1 aromatic heterocycles. The molecule has 0 unspecified atom stereocenters. The molecular weight excluding hydrogens is 396 g/mol. The van der Waals surface area contributed by atoms with Crippen molar-refractivity contribution in [3.05, 3.63) is 59.6 Å². The lowest BCUT2D eigenvalue weighted by molar-refractivity contribution is 0.403. The SMILES string of the molecule is COc1ccc(Br)cc1S(=O)(=O)Nc1ccccc1-n1cncn1. The Morgan fingerprint density at radius 2 is 2.00 bits per heavy atom. The van der Waals surface area contributed by atoms with Crippen LogP contribution in [0.1, 0.15) is 0 Å². The van der Waals surface area contributed by atoms with Crippen molar-refractivity contribution in [2.45, 2.75) is 4.90 Å². The van der Waals surface area contributed by atoms with Crippen LogP contribution in [-0.2, 0) is 10.0 Å². The summed E-state index contributed by atoms with van der Waals surface area (Å²) in [4.78, 5) is 3.92. The first-order valence-corrected chi connectivity index (χ1v) is 9.09. The van der Waals surface area contributed by atoms with Crippen LogP contribution < -0.4 is 9.46 Å². The number of sulfonamides is 1. The summed E-state index contributed by atoms with van der Waals surface area (Å²) in [7, 11) is -2.44. The molecule has 24 heavy (non-hydrogen) atoms. The lowest BCUT2D eigenvalue weighted by Crippen LogP contribution is -2.15. The Morgan fingerprint density at radius 3 is 2.71 bits per heavy atom. The van der Waals surface area contributed by atoms with E-state index in [-0.39, 0.29) is 10.6 Å². The number of hydrogen-bond acceptors (Lipinski definition) is 5. The van der Waals surface area contributed by atoms with Gasteiger partial charge in [0.25, 0.3) is 10.0 Å². The van der Waals surface area contributed by atoms with Crippen molar-refractivity contribution in [1.29, 1.82) is 0 Å². The lowest BCUT2D eigenvalue weighted by atomic mass is 10.3. The third-order valence-corrected chi connectivity index (χ3v) is 5.11. The van der Waals surface area contributed by atoms with Gasteiger partial charge in [-0.25, -0.2) is 18.1 Å². The summed E-state index contributed by atoms with van der Waals surface area (Å²) in [6.45, 7) is 0. The van der Waals surface area contributed by atoms with Gasteiger partial charge in [-0.1, -0.05) is 28.1 Å². The number of anilines is 1. The quantitative estimate of drug-likeness (QED) is 0.701. The van der Waals surface area contributed by atoms with E-state index >= 15 is 0 Å². The molecule has 9 heteroatoms. The monoisotopic (exact) mass is 408 g/mol. The molecule has 0 aliphatic carbocycles. The first kappa shape index (κ1) is 16.5. The number of hydrogen-bond donors (Lipinski definition) is 1. The Hall–Kier alpha value is -2.39. The average molecular weight is 409 g/mol. The van der Waals surface area contributed by atoms with Gasteiger partial charge >= 0.3 is 0 Å². The number of aromatic nitrogens is 3. The van der Waals surface area contributed by atoms with Gasteiger partial charge in [0.15, 0.2) is 0 Å². The number of para-hydroxylation sites is 2. The number of halogens is 1. The largest absolute Gasteiger partial charge is 0.495 e. The Bertz CT molecular complexity index is 959. The molecule has 0 aliphatic rings. The fraction of sp³-hybridized carbons (Fsp3) is 0.0667. The summed E-state index contributed by atoms with van der Waals surface area (Å²) in [5, 5.41) is 4.04. The molecule has 0 aliphatic heterocycles. The average Bonchev–Trinajstić information content (AvgIpc) is 3.09. The molecule has 0 saturated carbocycles. The molecule has 0 spiro atoms. The Labute approximate surface area is 147 Å². The molecule has 124 valence electrons. The van der Waals surface area contributed by atoms with E-state index in [0.29, 0.717) is 15.8 Å². The molecule has 2 aromatic carbocycles. The van der Waals surface area contributed by atoms with Crippen LogP contribution >= 0.6 is 15.9 Å². The molecule has 0 amide bonds. The van der Waals surface area contributed by atoms with Gasteiger partial charge in [0, 0.05) is 4.47 Å². The van der Waals surface area contributed by atoms with Crippen molar-refractivity contribution in [1.82, 2.24) is 14.8 Å². The highest BCUT2D eigenvalue weighted by molar-refractivity contribution is 9.10. The highest BCUT2D eigenvalue weighted by Crippen LogP contribution is 2.30. The minimum absolute atomic E-state index is 0.0350. The summed E-state index contributed by atoms with van der Waals surface area (Å²) < 4.78 is 35.4. The standard InChI is InChI=1S/C15H13BrN4O3S/c1-23-14-7-6-11(16)8-15(14)24(21,22)19-12-4-2-3-5-13(12)20-10-17-9-18-20/h2-10,19H,1H3. The van der Waals surface area contributed by atoms with Crippen LogP contribution in [0, 0.1) is 0 Å². The van der Waals surface area contributed by atoms with E-state index < -0.39 is 10.0 Å². The predicted octanol–water partition coefficient (Wildman–Crippen LogP) is 2.84. The van der Waals surface area contributed by atoms with Gasteiger partial charge in [0.1, 0.15) is 23.3 Å². The van der Waals surface area contributed by atoms with E-state index in [0.717, 1.165) is 0 Å². The summed E-state index contributed by atoms with van der Waals surface area (Å²) in [5.41, 5.74) is 0.942. The van der Waals surface area contributed by atoms with Crippen molar-refractivity contribution >= 4 is 31.6 Å². The van der Waals surface area contributed by atoms with Gasteiger partial charge < -0.3 is 4.74 Å². The maximum atomic E-state index is 12.8. The van der Waals surface area contributed by atoms with Crippen LogP contribution in [-0.4, -0.2) is 30.3 Å².